The van der Waals surface area contributed by atoms with Gasteiger partial charge in [0.05, 0.1) is 28.7 Å². The first-order valence-corrected chi connectivity index (χ1v) is 18.9. The Kier molecular flexibility index (Phi) is 8.33. The van der Waals surface area contributed by atoms with Gasteiger partial charge in [-0.1, -0.05) is 53.7 Å². The first-order valence-electron chi connectivity index (χ1n) is 16.0. The van der Waals surface area contributed by atoms with Gasteiger partial charge in [-0.15, -0.1) is 0 Å². The molecule has 240 valence electrons. The molecule has 0 radical (unpaired) electrons. The minimum Gasteiger partial charge on any atom is -0.543 e. The molecule has 2 atom stereocenters. The van der Waals surface area contributed by atoms with E-state index in [4.69, 9.17) is 31.7 Å². The van der Waals surface area contributed by atoms with Crippen molar-refractivity contribution in [2.24, 2.45) is 21.9 Å². The number of aromatic nitrogens is 2. The summed E-state index contributed by atoms with van der Waals surface area (Å²) in [5, 5.41) is 8.76. The van der Waals surface area contributed by atoms with Crippen molar-refractivity contribution in [1.82, 2.24) is 9.61 Å². The van der Waals surface area contributed by atoms with Crippen molar-refractivity contribution in [3.8, 4) is 16.9 Å². The summed E-state index contributed by atoms with van der Waals surface area (Å²) in [6.07, 6.45) is 6.51. The molecular weight excluding hydrogens is 575 g/mol. The van der Waals surface area contributed by atoms with E-state index >= 15 is 0 Å². The number of nitrogens with two attached hydrogens (primary N) is 3. The molecule has 45 heavy (non-hydrogen) atoms. The van der Waals surface area contributed by atoms with E-state index in [2.05, 4.69) is 85.1 Å². The number of amidine groups is 1. The number of fused-ring (bicyclic) bond motifs is 1. The number of rotatable bonds is 8. The number of aryl methyl sites for hydroxylation is 1. The largest absolute Gasteiger partial charge is 0.543 e. The fourth-order valence-electron chi connectivity index (χ4n) is 5.89. The van der Waals surface area contributed by atoms with Gasteiger partial charge in [-0.3, -0.25) is 0 Å². The highest BCUT2D eigenvalue weighted by Gasteiger charge is 2.49. The SMILES string of the molecule is CCc1cc(O[Si](C)(C)C(C)(C)C)ccc1N=C(N)c1cnn2cc(-c3cccc(N)c3)cc2c1N[C@@H]1CC[C@](C)(N)C1(C)C. The molecule has 1 aliphatic carbocycles. The van der Waals surface area contributed by atoms with Gasteiger partial charge in [0.15, 0.2) is 0 Å². The highest BCUT2D eigenvalue weighted by Crippen LogP contribution is 2.46. The summed E-state index contributed by atoms with van der Waals surface area (Å²) in [5.74, 6) is 1.29. The molecule has 1 fully saturated rings. The summed E-state index contributed by atoms with van der Waals surface area (Å²) in [5.41, 5.74) is 26.6. The van der Waals surface area contributed by atoms with E-state index in [0.29, 0.717) is 11.5 Å². The molecule has 2 aromatic carbocycles. The molecule has 0 bridgehead atoms. The van der Waals surface area contributed by atoms with Crippen molar-refractivity contribution >= 4 is 36.7 Å². The second-order valence-electron chi connectivity index (χ2n) is 15.0. The Morgan fingerprint density at radius 2 is 1.84 bits per heavy atom. The average Bonchev–Trinajstić information content (AvgIpc) is 3.47. The molecule has 0 spiro atoms. The Labute approximate surface area is 269 Å². The number of aliphatic imine (C=N–C) groups is 1. The van der Waals surface area contributed by atoms with E-state index in [1.807, 2.05) is 41.0 Å². The molecule has 1 saturated carbocycles. The van der Waals surface area contributed by atoms with Gasteiger partial charge in [0.25, 0.3) is 0 Å². The van der Waals surface area contributed by atoms with Crippen LogP contribution >= 0.6 is 0 Å². The molecule has 0 amide bonds. The van der Waals surface area contributed by atoms with Crippen molar-refractivity contribution < 1.29 is 4.43 Å². The van der Waals surface area contributed by atoms with Gasteiger partial charge in [0.1, 0.15) is 11.6 Å². The summed E-state index contributed by atoms with van der Waals surface area (Å²) >= 11 is 0. The van der Waals surface area contributed by atoms with Crippen LogP contribution < -0.4 is 26.9 Å². The van der Waals surface area contributed by atoms with Gasteiger partial charge in [-0.05, 0) is 91.8 Å². The first kappa shape index (κ1) is 32.6. The second-order valence-corrected chi connectivity index (χ2v) is 19.7. The van der Waals surface area contributed by atoms with Crippen molar-refractivity contribution in [2.75, 3.05) is 11.1 Å². The van der Waals surface area contributed by atoms with E-state index in [0.717, 1.165) is 64.2 Å². The van der Waals surface area contributed by atoms with Crippen LogP contribution in [0.3, 0.4) is 0 Å². The van der Waals surface area contributed by atoms with Crippen molar-refractivity contribution in [3.63, 3.8) is 0 Å². The van der Waals surface area contributed by atoms with Gasteiger partial charge in [0.2, 0.25) is 8.32 Å². The van der Waals surface area contributed by atoms with Crippen LogP contribution in [0.1, 0.15) is 72.4 Å². The molecule has 8 nitrogen and oxygen atoms in total. The minimum atomic E-state index is -1.98. The Morgan fingerprint density at radius 1 is 1.11 bits per heavy atom. The van der Waals surface area contributed by atoms with E-state index in [1.165, 1.54) is 0 Å². The van der Waals surface area contributed by atoms with Crippen LogP contribution in [0.2, 0.25) is 18.1 Å². The smallest absolute Gasteiger partial charge is 0.250 e. The van der Waals surface area contributed by atoms with E-state index in [1.54, 1.807) is 6.20 Å². The lowest BCUT2D eigenvalue weighted by atomic mass is 9.75. The monoisotopic (exact) mass is 625 g/mol. The highest BCUT2D eigenvalue weighted by atomic mass is 28.4. The van der Waals surface area contributed by atoms with Crippen molar-refractivity contribution in [3.05, 3.63) is 72.1 Å². The van der Waals surface area contributed by atoms with Crippen LogP contribution in [-0.4, -0.2) is 35.3 Å². The van der Waals surface area contributed by atoms with E-state index in [9.17, 15) is 0 Å². The lowest BCUT2D eigenvalue weighted by molar-refractivity contribution is 0.215. The molecule has 5 rings (SSSR count). The zero-order chi connectivity index (χ0) is 32.9. The lowest BCUT2D eigenvalue weighted by Gasteiger charge is -2.39. The molecule has 4 aromatic rings. The van der Waals surface area contributed by atoms with Crippen LogP contribution in [0, 0.1) is 5.41 Å². The maximum absolute atomic E-state index is 6.87. The fourth-order valence-corrected chi connectivity index (χ4v) is 6.91. The molecule has 7 N–H and O–H groups in total. The standard InChI is InChI=1S/C36H51N7OSi/c1-10-23-19-27(44-45(8,9)34(2,3)4)14-15-29(23)41-33(38)28-21-40-43-22-25(24-12-11-13-26(37)18-24)20-30(43)32(28)42-31-16-17-36(7,39)35(31,5)6/h11-15,18-22,31,42H,10,16-17,37,39H2,1-9H3,(H2,38,41)/t31-,36+/m1/s1. The van der Waals surface area contributed by atoms with Crippen molar-refractivity contribution in [2.45, 2.75) is 97.4 Å². The quantitative estimate of drug-likeness (QED) is 0.0682. The third-order valence-electron chi connectivity index (χ3n) is 10.6. The van der Waals surface area contributed by atoms with Gasteiger partial charge >= 0.3 is 0 Å². The van der Waals surface area contributed by atoms with Crippen LogP contribution in [0.25, 0.3) is 16.6 Å². The molecule has 0 aliphatic heterocycles. The summed E-state index contributed by atoms with van der Waals surface area (Å²) in [7, 11) is -1.98. The van der Waals surface area contributed by atoms with Crippen molar-refractivity contribution in [1.29, 1.82) is 0 Å². The Morgan fingerprint density at radius 3 is 2.47 bits per heavy atom. The number of nitrogen functional groups attached to an aromatic ring is 1. The highest BCUT2D eigenvalue weighted by molar-refractivity contribution is 6.74. The van der Waals surface area contributed by atoms with E-state index in [-0.39, 0.29) is 22.0 Å². The third kappa shape index (κ3) is 6.20. The van der Waals surface area contributed by atoms with Crippen LogP contribution in [0.5, 0.6) is 5.75 Å². The molecule has 1 aliphatic rings. The zero-order valence-corrected chi connectivity index (χ0v) is 29.5. The molecule has 2 aromatic heterocycles. The maximum atomic E-state index is 6.87. The molecule has 9 heteroatoms. The van der Waals surface area contributed by atoms with Crippen LogP contribution in [0.4, 0.5) is 17.1 Å². The first-order chi connectivity index (χ1) is 20.9. The fraction of sp³-hybridized carbons (Fsp3) is 0.444. The number of benzene rings is 2. The lowest BCUT2D eigenvalue weighted by Crippen LogP contribution is -2.51. The number of anilines is 2. The number of nitrogens with zero attached hydrogens (tertiary/aromatic N) is 3. The van der Waals surface area contributed by atoms with Gasteiger partial charge < -0.3 is 26.9 Å². The minimum absolute atomic E-state index is 0.108. The van der Waals surface area contributed by atoms with E-state index < -0.39 is 8.32 Å². The number of nitrogens with one attached hydrogen (secondary N) is 1. The average molecular weight is 626 g/mol. The molecule has 2 heterocycles. The second kappa shape index (κ2) is 11.5. The zero-order valence-electron chi connectivity index (χ0n) is 28.5. The van der Waals surface area contributed by atoms with Gasteiger partial charge in [0, 0.05) is 34.4 Å². The topological polar surface area (TPSA) is 129 Å². The predicted molar refractivity (Wildman–Crippen MR) is 192 cm³/mol. The summed E-state index contributed by atoms with van der Waals surface area (Å²) < 4.78 is 8.49. The van der Waals surface area contributed by atoms with Gasteiger partial charge in [-0.2, -0.15) is 5.10 Å². The van der Waals surface area contributed by atoms with Crippen LogP contribution in [0.15, 0.2) is 65.9 Å². The Bertz CT molecular complexity index is 1750. The predicted octanol–water partition coefficient (Wildman–Crippen LogP) is 7.88. The maximum Gasteiger partial charge on any atom is 0.250 e. The molecule has 0 saturated heterocycles. The summed E-state index contributed by atoms with van der Waals surface area (Å²) in [4.78, 5) is 4.99. The van der Waals surface area contributed by atoms with Gasteiger partial charge in [-0.25, -0.2) is 9.51 Å². The normalized spacial score (nSPS) is 20.5. The summed E-state index contributed by atoms with van der Waals surface area (Å²) in [6, 6.07) is 16.3. The number of hydrogen-bond donors (Lipinski definition) is 4. The molecule has 0 unspecified atom stereocenters. The number of hydrogen-bond acceptors (Lipinski definition) is 6. The third-order valence-corrected chi connectivity index (χ3v) is 15.0. The molecular formula is C36H51N7OSi. The Hall–Kier alpha value is -3.82. The Balaban J connectivity index is 1.59. The van der Waals surface area contributed by atoms with Crippen LogP contribution in [-0.2, 0) is 6.42 Å². The summed E-state index contributed by atoms with van der Waals surface area (Å²) in [6.45, 7) is 20.0.